The number of piperidine rings is 1. The minimum absolute atomic E-state index is 0.0614. The molecule has 0 bridgehead atoms. The van der Waals surface area contributed by atoms with Crippen molar-refractivity contribution in [1.29, 1.82) is 0 Å². The van der Waals surface area contributed by atoms with E-state index in [0.29, 0.717) is 31.5 Å². The minimum Gasteiger partial charge on any atom is -0.481 e. The number of anilines is 1. The number of carbonyl (C=O) groups excluding carboxylic acids is 1. The zero-order chi connectivity index (χ0) is 18.7. The lowest BCUT2D eigenvalue weighted by molar-refractivity contribution is -0.152. The molecule has 2 fully saturated rings. The van der Waals surface area contributed by atoms with Crippen molar-refractivity contribution >= 4 is 17.6 Å². The maximum absolute atomic E-state index is 12.9. The van der Waals surface area contributed by atoms with E-state index in [4.69, 9.17) is 0 Å². The number of hydrogen-bond donors (Lipinski definition) is 1. The smallest absolute Gasteiger partial charge is 0.311 e. The third kappa shape index (κ3) is 3.70. The van der Waals surface area contributed by atoms with Gasteiger partial charge in [0.25, 0.3) is 5.91 Å². The number of likely N-dealkylation sites (tertiary alicyclic amines) is 1. The monoisotopic (exact) mass is 359 g/mol. The zero-order valence-electron chi connectivity index (χ0n) is 15.8. The van der Waals surface area contributed by atoms with Crippen molar-refractivity contribution in [2.24, 2.45) is 5.41 Å². The first-order valence-electron chi connectivity index (χ1n) is 9.51. The van der Waals surface area contributed by atoms with Gasteiger partial charge in [0.15, 0.2) is 0 Å². The maximum atomic E-state index is 12.9. The van der Waals surface area contributed by atoms with Crippen LogP contribution in [0.3, 0.4) is 0 Å². The van der Waals surface area contributed by atoms with Crippen molar-refractivity contribution in [2.45, 2.75) is 26.2 Å². The summed E-state index contributed by atoms with van der Waals surface area (Å²) in [6.45, 7) is 6.91. The highest BCUT2D eigenvalue weighted by Gasteiger charge is 2.42. The molecule has 0 aromatic heterocycles. The number of likely N-dealkylation sites (N-methyl/N-ethyl adjacent to an activating group) is 1. The van der Waals surface area contributed by atoms with Crippen molar-refractivity contribution in [3.8, 4) is 0 Å². The summed E-state index contributed by atoms with van der Waals surface area (Å²) in [7, 11) is 2.13. The molecule has 1 amide bonds. The van der Waals surface area contributed by atoms with Crippen molar-refractivity contribution in [2.75, 3.05) is 51.2 Å². The van der Waals surface area contributed by atoms with E-state index in [-0.39, 0.29) is 5.91 Å². The van der Waals surface area contributed by atoms with Crippen LogP contribution in [0.25, 0.3) is 0 Å². The van der Waals surface area contributed by atoms with Crippen molar-refractivity contribution in [3.05, 3.63) is 29.8 Å². The summed E-state index contributed by atoms with van der Waals surface area (Å²) < 4.78 is 0. The normalized spacial score (nSPS) is 24.5. The van der Waals surface area contributed by atoms with Gasteiger partial charge in [0.1, 0.15) is 0 Å². The van der Waals surface area contributed by atoms with Gasteiger partial charge < -0.3 is 19.8 Å². The maximum Gasteiger partial charge on any atom is 0.311 e. The molecule has 0 aliphatic carbocycles. The number of carboxylic acids is 1. The second-order valence-electron chi connectivity index (χ2n) is 7.61. The minimum atomic E-state index is -0.798. The Labute approximate surface area is 155 Å². The summed E-state index contributed by atoms with van der Waals surface area (Å²) in [6.07, 6.45) is 1.94. The van der Waals surface area contributed by atoms with Gasteiger partial charge in [-0.2, -0.15) is 0 Å². The molecule has 142 valence electrons. The predicted molar refractivity (Wildman–Crippen MR) is 102 cm³/mol. The van der Waals surface area contributed by atoms with Crippen molar-refractivity contribution < 1.29 is 14.7 Å². The van der Waals surface area contributed by atoms with Crippen molar-refractivity contribution in [3.63, 3.8) is 0 Å². The molecule has 26 heavy (non-hydrogen) atoms. The third-order valence-corrected chi connectivity index (χ3v) is 5.98. The summed E-state index contributed by atoms with van der Waals surface area (Å²) >= 11 is 0. The molecule has 2 saturated heterocycles. The van der Waals surface area contributed by atoms with Crippen LogP contribution >= 0.6 is 0 Å². The van der Waals surface area contributed by atoms with Gasteiger partial charge in [-0.1, -0.05) is 6.92 Å². The SMILES string of the molecule is CC[C@]1(C(=O)O)CCCN(C(=O)c2ccc(N3CCN(C)CC3)cc2)C1. The van der Waals surface area contributed by atoms with Gasteiger partial charge in [0, 0.05) is 50.5 Å². The first-order valence-corrected chi connectivity index (χ1v) is 9.51. The molecule has 1 aromatic carbocycles. The van der Waals surface area contributed by atoms with E-state index >= 15 is 0 Å². The molecule has 0 unspecified atom stereocenters. The van der Waals surface area contributed by atoms with Gasteiger partial charge in [-0.3, -0.25) is 9.59 Å². The number of hydrogen-bond acceptors (Lipinski definition) is 4. The van der Waals surface area contributed by atoms with Gasteiger partial charge >= 0.3 is 5.97 Å². The molecule has 0 saturated carbocycles. The summed E-state index contributed by atoms with van der Waals surface area (Å²) in [5.74, 6) is -0.850. The second kappa shape index (κ2) is 7.66. The van der Waals surface area contributed by atoms with Gasteiger partial charge in [-0.05, 0) is 50.6 Å². The van der Waals surface area contributed by atoms with Gasteiger partial charge in [-0.15, -0.1) is 0 Å². The van der Waals surface area contributed by atoms with E-state index in [0.717, 1.165) is 38.3 Å². The number of rotatable bonds is 4. The van der Waals surface area contributed by atoms with E-state index in [9.17, 15) is 14.7 Å². The lowest BCUT2D eigenvalue weighted by atomic mass is 9.77. The second-order valence-corrected chi connectivity index (χ2v) is 7.61. The van der Waals surface area contributed by atoms with Crippen LogP contribution in [0, 0.1) is 5.41 Å². The van der Waals surface area contributed by atoms with Crippen LogP contribution in [-0.2, 0) is 4.79 Å². The Morgan fingerprint density at radius 1 is 1.08 bits per heavy atom. The van der Waals surface area contributed by atoms with Crippen LogP contribution < -0.4 is 4.90 Å². The molecule has 1 atom stereocenters. The lowest BCUT2D eigenvalue weighted by Crippen LogP contribution is -2.49. The van der Waals surface area contributed by atoms with Crippen LogP contribution in [0.4, 0.5) is 5.69 Å². The summed E-state index contributed by atoms with van der Waals surface area (Å²) in [5.41, 5.74) is 0.982. The highest BCUT2D eigenvalue weighted by Crippen LogP contribution is 2.34. The molecule has 6 nitrogen and oxygen atoms in total. The predicted octanol–water partition coefficient (Wildman–Crippen LogP) is 2.16. The molecule has 6 heteroatoms. The number of benzene rings is 1. The number of piperazine rings is 1. The van der Waals surface area contributed by atoms with Gasteiger partial charge in [0.2, 0.25) is 0 Å². The average molecular weight is 359 g/mol. The van der Waals surface area contributed by atoms with E-state index < -0.39 is 11.4 Å². The van der Waals surface area contributed by atoms with Crippen LogP contribution in [-0.4, -0.2) is 73.1 Å². The Balaban J connectivity index is 1.69. The molecule has 0 radical (unpaired) electrons. The third-order valence-electron chi connectivity index (χ3n) is 5.98. The molecule has 2 aliphatic rings. The Morgan fingerprint density at radius 2 is 1.73 bits per heavy atom. The largest absolute Gasteiger partial charge is 0.481 e. The molecular weight excluding hydrogens is 330 g/mol. The first-order chi connectivity index (χ1) is 12.4. The highest BCUT2D eigenvalue weighted by atomic mass is 16.4. The van der Waals surface area contributed by atoms with E-state index in [1.54, 1.807) is 4.90 Å². The van der Waals surface area contributed by atoms with Crippen LogP contribution in [0.1, 0.15) is 36.5 Å². The van der Waals surface area contributed by atoms with Crippen LogP contribution in [0.5, 0.6) is 0 Å². The van der Waals surface area contributed by atoms with E-state index in [2.05, 4.69) is 16.8 Å². The average Bonchev–Trinajstić information content (AvgIpc) is 2.68. The number of amides is 1. The molecule has 2 aliphatic heterocycles. The number of nitrogens with zero attached hydrogens (tertiary/aromatic N) is 3. The van der Waals surface area contributed by atoms with E-state index in [1.807, 2.05) is 31.2 Å². The molecular formula is C20H29N3O3. The topological polar surface area (TPSA) is 64.1 Å². The fourth-order valence-electron chi connectivity index (χ4n) is 3.98. The number of carboxylic acid groups (broad SMARTS) is 1. The first kappa shape index (κ1) is 18.7. The lowest BCUT2D eigenvalue weighted by Gasteiger charge is -2.39. The summed E-state index contributed by atoms with van der Waals surface area (Å²) in [4.78, 5) is 30.9. The quantitative estimate of drug-likeness (QED) is 0.892. The van der Waals surface area contributed by atoms with Crippen LogP contribution in [0.15, 0.2) is 24.3 Å². The molecule has 3 rings (SSSR count). The highest BCUT2D eigenvalue weighted by molar-refractivity contribution is 5.95. The Bertz CT molecular complexity index is 653. The number of carbonyl (C=O) groups is 2. The van der Waals surface area contributed by atoms with Gasteiger partial charge in [-0.25, -0.2) is 0 Å². The van der Waals surface area contributed by atoms with Crippen molar-refractivity contribution in [1.82, 2.24) is 9.80 Å². The Kier molecular flexibility index (Phi) is 5.51. The summed E-state index contributed by atoms with van der Waals surface area (Å²) in [6, 6.07) is 7.76. The zero-order valence-corrected chi connectivity index (χ0v) is 15.8. The Hall–Kier alpha value is -2.08. The molecule has 1 aromatic rings. The molecule has 2 heterocycles. The summed E-state index contributed by atoms with van der Waals surface area (Å²) in [5, 5.41) is 9.61. The Morgan fingerprint density at radius 3 is 2.31 bits per heavy atom. The van der Waals surface area contributed by atoms with Crippen LogP contribution in [0.2, 0.25) is 0 Å². The fraction of sp³-hybridized carbons (Fsp3) is 0.600. The molecule has 0 spiro atoms. The molecule has 1 N–H and O–H groups in total. The standard InChI is InChI=1S/C20H29N3O3/c1-3-20(19(25)26)9-4-10-23(15-20)18(24)16-5-7-17(8-6-16)22-13-11-21(2)12-14-22/h5-8H,3-4,9-15H2,1-2H3,(H,25,26)/t20-/m0/s1. The van der Waals surface area contributed by atoms with Gasteiger partial charge in [0.05, 0.1) is 5.41 Å². The number of aliphatic carboxylic acids is 1. The van der Waals surface area contributed by atoms with E-state index in [1.165, 1.54) is 0 Å². The fourth-order valence-corrected chi connectivity index (χ4v) is 3.98.